The Hall–Kier alpha value is -3.68. The van der Waals surface area contributed by atoms with Gasteiger partial charge in [-0.3, -0.25) is 19.8 Å². The van der Waals surface area contributed by atoms with Gasteiger partial charge in [-0.1, -0.05) is 48.5 Å². The third kappa shape index (κ3) is 5.90. The lowest BCUT2D eigenvalue weighted by Crippen LogP contribution is -2.51. The minimum Gasteiger partial charge on any atom is -0.343 e. The molecule has 0 unspecified atom stereocenters. The first-order valence-electron chi connectivity index (χ1n) is 9.28. The first-order valence-corrected chi connectivity index (χ1v) is 9.28. The van der Waals surface area contributed by atoms with Crippen molar-refractivity contribution in [1.29, 1.82) is 0 Å². The number of benzene rings is 2. The molecule has 0 radical (unpaired) electrons. The lowest BCUT2D eigenvalue weighted by Gasteiger charge is -2.19. The van der Waals surface area contributed by atoms with E-state index in [1.54, 1.807) is 48.5 Å². The highest BCUT2D eigenvalue weighted by atomic mass is 16.2. The van der Waals surface area contributed by atoms with Crippen LogP contribution in [0.15, 0.2) is 54.6 Å². The van der Waals surface area contributed by atoms with Crippen LogP contribution >= 0.6 is 0 Å². The van der Waals surface area contributed by atoms with Gasteiger partial charge in [0.15, 0.2) is 5.78 Å². The van der Waals surface area contributed by atoms with E-state index in [0.717, 1.165) is 0 Å². The Bertz CT molecular complexity index is 879. The third-order valence-corrected chi connectivity index (χ3v) is 4.22. The summed E-state index contributed by atoms with van der Waals surface area (Å²) in [6.45, 7) is 4.28. The van der Waals surface area contributed by atoms with Crippen LogP contribution in [0.5, 0.6) is 0 Å². The van der Waals surface area contributed by atoms with Crippen molar-refractivity contribution in [3.63, 3.8) is 0 Å². The molecule has 0 saturated carbocycles. The molecule has 29 heavy (non-hydrogen) atoms. The number of nitrogens with one attached hydrogen (secondary N) is 3. The Kier molecular flexibility index (Phi) is 7.90. The minimum absolute atomic E-state index is 0.168. The average Bonchev–Trinajstić information content (AvgIpc) is 2.77. The van der Waals surface area contributed by atoms with Crippen LogP contribution in [0.3, 0.4) is 0 Å². The second kappa shape index (κ2) is 10.6. The van der Waals surface area contributed by atoms with Gasteiger partial charge >= 0.3 is 6.03 Å². The summed E-state index contributed by atoms with van der Waals surface area (Å²) in [5.74, 6) is -1.44. The van der Waals surface area contributed by atoms with Crippen LogP contribution in [-0.4, -0.2) is 48.2 Å². The van der Waals surface area contributed by atoms with E-state index in [1.807, 2.05) is 13.8 Å². The number of ketones is 1. The molecule has 0 aliphatic heterocycles. The molecule has 4 amide bonds. The average molecular weight is 396 g/mol. The highest BCUT2D eigenvalue weighted by molar-refractivity contribution is 6.15. The highest BCUT2D eigenvalue weighted by Crippen LogP contribution is 2.14. The zero-order chi connectivity index (χ0) is 21.2. The minimum atomic E-state index is -0.592. The van der Waals surface area contributed by atoms with Crippen molar-refractivity contribution in [2.24, 2.45) is 0 Å². The predicted molar refractivity (Wildman–Crippen MR) is 108 cm³/mol. The monoisotopic (exact) mass is 396 g/mol. The van der Waals surface area contributed by atoms with Gasteiger partial charge in [-0.05, 0) is 19.9 Å². The summed E-state index contributed by atoms with van der Waals surface area (Å²) in [7, 11) is 0. The van der Waals surface area contributed by atoms with E-state index in [4.69, 9.17) is 0 Å². The summed E-state index contributed by atoms with van der Waals surface area (Å²) in [6.07, 6.45) is 0. The van der Waals surface area contributed by atoms with E-state index in [2.05, 4.69) is 16.2 Å². The quantitative estimate of drug-likeness (QED) is 0.489. The molecule has 0 aliphatic rings. The second-order valence-corrected chi connectivity index (χ2v) is 6.07. The predicted octanol–water partition coefficient (Wildman–Crippen LogP) is 1.73. The number of urea groups is 1. The molecule has 8 nitrogen and oxygen atoms in total. The summed E-state index contributed by atoms with van der Waals surface area (Å²) >= 11 is 0. The molecular weight excluding hydrogens is 372 g/mol. The molecular formula is C21H24N4O4. The molecule has 0 bridgehead atoms. The molecule has 0 atom stereocenters. The zero-order valence-corrected chi connectivity index (χ0v) is 16.4. The SMILES string of the molecule is CCN(CC)C(=O)NNC(=O)CNC(=O)c1ccccc1C(=O)c1ccccc1. The van der Waals surface area contributed by atoms with E-state index < -0.39 is 17.8 Å². The van der Waals surface area contributed by atoms with Crippen molar-refractivity contribution < 1.29 is 19.2 Å². The second-order valence-electron chi connectivity index (χ2n) is 6.07. The van der Waals surface area contributed by atoms with Crippen LogP contribution in [0.1, 0.15) is 40.1 Å². The highest BCUT2D eigenvalue weighted by Gasteiger charge is 2.18. The Morgan fingerprint density at radius 2 is 1.38 bits per heavy atom. The summed E-state index contributed by atoms with van der Waals surface area (Å²) in [6, 6.07) is 14.6. The van der Waals surface area contributed by atoms with Crippen LogP contribution in [0.4, 0.5) is 4.79 Å². The maximum Gasteiger partial charge on any atom is 0.336 e. The summed E-state index contributed by atoms with van der Waals surface area (Å²) in [5, 5.41) is 2.46. The summed E-state index contributed by atoms with van der Waals surface area (Å²) < 4.78 is 0. The Balaban J connectivity index is 1.97. The number of carbonyl (C=O) groups excluding carboxylic acids is 4. The smallest absolute Gasteiger partial charge is 0.336 e. The molecule has 0 aliphatic carbocycles. The van der Waals surface area contributed by atoms with E-state index in [1.165, 1.54) is 11.0 Å². The molecule has 2 aromatic rings. The molecule has 0 fully saturated rings. The topological polar surface area (TPSA) is 108 Å². The van der Waals surface area contributed by atoms with Crippen molar-refractivity contribution in [2.75, 3.05) is 19.6 Å². The van der Waals surface area contributed by atoms with Gasteiger partial charge in [-0.25, -0.2) is 10.2 Å². The van der Waals surface area contributed by atoms with E-state index in [-0.39, 0.29) is 23.5 Å². The Morgan fingerprint density at radius 3 is 2.00 bits per heavy atom. The zero-order valence-electron chi connectivity index (χ0n) is 16.4. The summed E-state index contributed by atoms with van der Waals surface area (Å²) in [4.78, 5) is 50.4. The van der Waals surface area contributed by atoms with Crippen molar-refractivity contribution in [1.82, 2.24) is 21.1 Å². The summed E-state index contributed by atoms with van der Waals surface area (Å²) in [5.41, 5.74) is 5.39. The van der Waals surface area contributed by atoms with Crippen molar-refractivity contribution in [3.05, 3.63) is 71.3 Å². The number of rotatable bonds is 7. The Labute approximate surface area is 169 Å². The molecule has 0 saturated heterocycles. The van der Waals surface area contributed by atoms with Gasteiger partial charge < -0.3 is 10.2 Å². The number of amides is 4. The third-order valence-electron chi connectivity index (χ3n) is 4.22. The maximum absolute atomic E-state index is 12.7. The number of hydrogen-bond acceptors (Lipinski definition) is 4. The molecule has 0 spiro atoms. The van der Waals surface area contributed by atoms with E-state index >= 15 is 0 Å². The molecule has 2 rings (SSSR count). The number of hydrazine groups is 1. The van der Waals surface area contributed by atoms with Gasteiger partial charge in [0, 0.05) is 24.2 Å². The molecule has 8 heteroatoms. The molecule has 152 valence electrons. The maximum atomic E-state index is 12.7. The fourth-order valence-electron chi connectivity index (χ4n) is 2.64. The first kappa shape index (κ1) is 21.6. The molecule has 3 N–H and O–H groups in total. The van der Waals surface area contributed by atoms with Crippen molar-refractivity contribution in [2.45, 2.75) is 13.8 Å². The van der Waals surface area contributed by atoms with Gasteiger partial charge in [-0.15, -0.1) is 0 Å². The van der Waals surface area contributed by atoms with Gasteiger partial charge in [-0.2, -0.15) is 0 Å². The number of hydrogen-bond donors (Lipinski definition) is 3. The molecule has 0 aromatic heterocycles. The van der Waals surface area contributed by atoms with Gasteiger partial charge in [0.05, 0.1) is 12.1 Å². The van der Waals surface area contributed by atoms with Crippen LogP contribution in [-0.2, 0) is 4.79 Å². The van der Waals surface area contributed by atoms with E-state index in [0.29, 0.717) is 18.7 Å². The van der Waals surface area contributed by atoms with Crippen molar-refractivity contribution >= 4 is 23.6 Å². The van der Waals surface area contributed by atoms with Crippen molar-refractivity contribution in [3.8, 4) is 0 Å². The largest absolute Gasteiger partial charge is 0.343 e. The molecule has 0 heterocycles. The number of nitrogens with zero attached hydrogens (tertiary/aromatic N) is 1. The fraction of sp³-hybridized carbons (Fsp3) is 0.238. The van der Waals surface area contributed by atoms with Crippen LogP contribution in [0.2, 0.25) is 0 Å². The van der Waals surface area contributed by atoms with Crippen LogP contribution in [0.25, 0.3) is 0 Å². The lowest BCUT2D eigenvalue weighted by molar-refractivity contribution is -0.120. The van der Waals surface area contributed by atoms with Crippen LogP contribution in [0, 0.1) is 0 Å². The number of carbonyl (C=O) groups is 4. The lowest BCUT2D eigenvalue weighted by atomic mass is 9.98. The van der Waals surface area contributed by atoms with Crippen LogP contribution < -0.4 is 16.2 Å². The molecule has 2 aromatic carbocycles. The normalized spacial score (nSPS) is 10.0. The van der Waals surface area contributed by atoms with E-state index in [9.17, 15) is 19.2 Å². The first-order chi connectivity index (χ1) is 14.0. The van der Waals surface area contributed by atoms with Gasteiger partial charge in [0.2, 0.25) is 0 Å². The van der Waals surface area contributed by atoms with Gasteiger partial charge in [0.1, 0.15) is 0 Å². The standard InChI is InChI=1S/C21H24N4O4/c1-3-25(4-2)21(29)24-23-18(26)14-22-20(28)17-13-9-8-12-16(17)19(27)15-10-6-5-7-11-15/h5-13H,3-4,14H2,1-2H3,(H,22,28)(H,23,26)(H,24,29). The Morgan fingerprint density at radius 1 is 0.793 bits per heavy atom. The van der Waals surface area contributed by atoms with Gasteiger partial charge in [0.25, 0.3) is 11.8 Å². The fourth-order valence-corrected chi connectivity index (χ4v) is 2.64.